The molecule has 1 aromatic carbocycles. The van der Waals surface area contributed by atoms with Gasteiger partial charge in [0.25, 0.3) is 0 Å². The number of nitrogens with zero attached hydrogens (tertiary/aromatic N) is 3. The zero-order valence-corrected chi connectivity index (χ0v) is 13.2. The highest BCUT2D eigenvalue weighted by molar-refractivity contribution is 6.10. The number of H-pyrrole nitrogens is 1. The normalized spacial score (nSPS) is 11.5. The van der Waals surface area contributed by atoms with Crippen molar-refractivity contribution in [3.05, 3.63) is 24.5 Å². The minimum absolute atomic E-state index is 0.820. The molecule has 2 aromatic heterocycles. The van der Waals surface area contributed by atoms with Crippen molar-refractivity contribution in [3.63, 3.8) is 0 Å². The van der Waals surface area contributed by atoms with Gasteiger partial charge in [0.2, 0.25) is 0 Å². The van der Waals surface area contributed by atoms with Crippen molar-refractivity contribution in [2.24, 2.45) is 0 Å². The minimum Gasteiger partial charge on any atom is -0.496 e. The van der Waals surface area contributed by atoms with Crippen LogP contribution in [0.2, 0.25) is 0 Å². The average molecular weight is 299 g/mol. The van der Waals surface area contributed by atoms with E-state index in [1.807, 2.05) is 18.2 Å². The van der Waals surface area contributed by atoms with E-state index in [4.69, 9.17) is 4.74 Å². The molecule has 116 valence electrons. The molecule has 0 amide bonds. The van der Waals surface area contributed by atoms with Gasteiger partial charge < -0.3 is 19.9 Å². The maximum atomic E-state index is 5.45. The highest BCUT2D eigenvalue weighted by Gasteiger charge is 2.13. The standard InChI is InChI=1S/C16H21N5O/c1-21(2)9-5-8-17-16-15-14(18-10-19-16)13-11(20-15)6-4-7-12(13)22-3/h4,6-7,10,20H,5,8-9H2,1-3H3,(H,17,18,19). The van der Waals surface area contributed by atoms with E-state index in [1.54, 1.807) is 13.4 Å². The lowest BCUT2D eigenvalue weighted by Gasteiger charge is -2.10. The van der Waals surface area contributed by atoms with E-state index in [9.17, 15) is 0 Å². The lowest BCUT2D eigenvalue weighted by atomic mass is 10.2. The zero-order chi connectivity index (χ0) is 15.5. The zero-order valence-electron chi connectivity index (χ0n) is 13.2. The van der Waals surface area contributed by atoms with Gasteiger partial charge in [-0.05, 0) is 39.2 Å². The first-order valence-electron chi connectivity index (χ1n) is 7.38. The third-order valence-electron chi connectivity index (χ3n) is 3.66. The molecule has 2 heterocycles. The van der Waals surface area contributed by atoms with Crippen LogP contribution in [0.15, 0.2) is 24.5 Å². The molecule has 0 aliphatic carbocycles. The predicted octanol–water partition coefficient (Wildman–Crippen LogP) is 2.48. The second-order valence-electron chi connectivity index (χ2n) is 5.54. The number of ether oxygens (including phenoxy) is 1. The van der Waals surface area contributed by atoms with E-state index >= 15 is 0 Å². The first kappa shape index (κ1) is 14.6. The number of methoxy groups -OCH3 is 1. The Balaban J connectivity index is 1.95. The molecule has 2 N–H and O–H groups in total. The largest absolute Gasteiger partial charge is 0.496 e. The summed E-state index contributed by atoms with van der Waals surface area (Å²) in [7, 11) is 5.83. The summed E-state index contributed by atoms with van der Waals surface area (Å²) in [6, 6.07) is 5.94. The Hall–Kier alpha value is -2.34. The van der Waals surface area contributed by atoms with Gasteiger partial charge in [-0.1, -0.05) is 6.07 Å². The Morgan fingerprint density at radius 3 is 2.91 bits per heavy atom. The third kappa shape index (κ3) is 2.69. The first-order chi connectivity index (χ1) is 10.7. The molecule has 6 nitrogen and oxygen atoms in total. The second kappa shape index (κ2) is 6.19. The number of nitrogens with one attached hydrogen (secondary N) is 2. The maximum Gasteiger partial charge on any atom is 0.153 e. The van der Waals surface area contributed by atoms with E-state index in [1.165, 1.54) is 0 Å². The molecule has 0 atom stereocenters. The van der Waals surface area contributed by atoms with Crippen LogP contribution < -0.4 is 10.1 Å². The number of aromatic nitrogens is 3. The van der Waals surface area contributed by atoms with E-state index in [0.29, 0.717) is 0 Å². The molecular formula is C16H21N5O. The second-order valence-corrected chi connectivity index (χ2v) is 5.54. The van der Waals surface area contributed by atoms with Gasteiger partial charge in [-0.3, -0.25) is 0 Å². The van der Waals surface area contributed by atoms with Gasteiger partial charge in [-0.2, -0.15) is 0 Å². The maximum absolute atomic E-state index is 5.45. The minimum atomic E-state index is 0.820. The van der Waals surface area contributed by atoms with Crippen molar-refractivity contribution in [3.8, 4) is 5.75 Å². The topological polar surface area (TPSA) is 66.1 Å². The molecule has 0 spiro atoms. The summed E-state index contributed by atoms with van der Waals surface area (Å²) in [6.07, 6.45) is 2.65. The summed E-state index contributed by atoms with van der Waals surface area (Å²) in [6.45, 7) is 1.92. The van der Waals surface area contributed by atoms with Crippen molar-refractivity contribution < 1.29 is 4.74 Å². The summed E-state index contributed by atoms with van der Waals surface area (Å²) in [5, 5.41) is 4.39. The number of anilines is 1. The quantitative estimate of drug-likeness (QED) is 0.685. The van der Waals surface area contributed by atoms with Crippen LogP contribution in [0.25, 0.3) is 21.9 Å². The van der Waals surface area contributed by atoms with Gasteiger partial charge >= 0.3 is 0 Å². The van der Waals surface area contributed by atoms with Crippen LogP contribution in [0, 0.1) is 0 Å². The van der Waals surface area contributed by atoms with Gasteiger partial charge in [-0.15, -0.1) is 0 Å². The molecule has 0 aliphatic heterocycles. The lowest BCUT2D eigenvalue weighted by molar-refractivity contribution is 0.405. The summed E-state index contributed by atoms with van der Waals surface area (Å²) >= 11 is 0. The average Bonchev–Trinajstić information content (AvgIpc) is 2.90. The summed E-state index contributed by atoms with van der Waals surface area (Å²) in [5.74, 6) is 1.66. The Kier molecular flexibility index (Phi) is 4.11. The monoisotopic (exact) mass is 299 g/mol. The van der Waals surface area contributed by atoms with Gasteiger partial charge in [0, 0.05) is 6.54 Å². The van der Waals surface area contributed by atoms with E-state index in [2.05, 4.69) is 39.3 Å². The van der Waals surface area contributed by atoms with Gasteiger partial charge in [-0.25, -0.2) is 9.97 Å². The Bertz CT molecular complexity index is 781. The van der Waals surface area contributed by atoms with Crippen LogP contribution in [0.5, 0.6) is 5.75 Å². The third-order valence-corrected chi connectivity index (χ3v) is 3.66. The number of fused-ring (bicyclic) bond motifs is 3. The van der Waals surface area contributed by atoms with Crippen LogP contribution in [0.4, 0.5) is 5.82 Å². The fourth-order valence-corrected chi connectivity index (χ4v) is 2.61. The number of benzene rings is 1. The van der Waals surface area contributed by atoms with Crippen molar-refractivity contribution >= 4 is 27.8 Å². The number of rotatable bonds is 6. The molecule has 3 rings (SSSR count). The highest BCUT2D eigenvalue weighted by Crippen LogP contribution is 2.33. The summed E-state index contributed by atoms with van der Waals surface area (Å²) in [5.41, 5.74) is 2.82. The van der Waals surface area contributed by atoms with Crippen LogP contribution in [-0.2, 0) is 0 Å². The van der Waals surface area contributed by atoms with Gasteiger partial charge in [0.1, 0.15) is 23.1 Å². The van der Waals surface area contributed by atoms with Crippen molar-refractivity contribution in [1.29, 1.82) is 0 Å². The first-order valence-corrected chi connectivity index (χ1v) is 7.38. The number of hydrogen-bond acceptors (Lipinski definition) is 5. The Morgan fingerprint density at radius 2 is 2.14 bits per heavy atom. The number of hydrogen-bond donors (Lipinski definition) is 2. The lowest BCUT2D eigenvalue weighted by Crippen LogP contribution is -2.16. The molecule has 0 saturated carbocycles. The highest BCUT2D eigenvalue weighted by atomic mass is 16.5. The fraction of sp³-hybridized carbons (Fsp3) is 0.375. The molecule has 0 aliphatic rings. The van der Waals surface area contributed by atoms with Gasteiger partial charge in [0.15, 0.2) is 5.82 Å². The molecule has 6 heteroatoms. The molecule has 0 radical (unpaired) electrons. The van der Waals surface area contributed by atoms with Crippen molar-refractivity contribution in [2.45, 2.75) is 6.42 Å². The summed E-state index contributed by atoms with van der Waals surface area (Å²) < 4.78 is 5.45. The van der Waals surface area contributed by atoms with Crippen LogP contribution >= 0.6 is 0 Å². The van der Waals surface area contributed by atoms with Crippen LogP contribution in [0.1, 0.15) is 6.42 Å². The predicted molar refractivity (Wildman–Crippen MR) is 89.6 cm³/mol. The molecule has 3 aromatic rings. The Labute approximate surface area is 129 Å². The van der Waals surface area contributed by atoms with Crippen molar-refractivity contribution in [1.82, 2.24) is 19.9 Å². The smallest absolute Gasteiger partial charge is 0.153 e. The molecular weight excluding hydrogens is 278 g/mol. The molecule has 0 bridgehead atoms. The van der Waals surface area contributed by atoms with E-state index in [-0.39, 0.29) is 0 Å². The fourth-order valence-electron chi connectivity index (χ4n) is 2.61. The van der Waals surface area contributed by atoms with Gasteiger partial charge in [0.05, 0.1) is 18.0 Å². The van der Waals surface area contributed by atoms with Crippen LogP contribution in [0.3, 0.4) is 0 Å². The molecule has 22 heavy (non-hydrogen) atoms. The number of aromatic amines is 1. The van der Waals surface area contributed by atoms with Crippen LogP contribution in [-0.4, -0.2) is 54.1 Å². The van der Waals surface area contributed by atoms with E-state index < -0.39 is 0 Å². The van der Waals surface area contributed by atoms with Crippen molar-refractivity contribution in [2.75, 3.05) is 39.6 Å². The molecule has 0 unspecified atom stereocenters. The SMILES string of the molecule is COc1cccc2[nH]c3c(NCCCN(C)C)ncnc3c12. The summed E-state index contributed by atoms with van der Waals surface area (Å²) in [4.78, 5) is 14.4. The van der Waals surface area contributed by atoms with E-state index in [0.717, 1.165) is 53.0 Å². The molecule has 0 fully saturated rings. The Morgan fingerprint density at radius 1 is 1.27 bits per heavy atom. The molecule has 0 saturated heterocycles.